The number of aliphatic hydroxyl groups is 1. The zero-order valence-corrected chi connectivity index (χ0v) is 17.2. The highest BCUT2D eigenvalue weighted by atomic mass is 127. The van der Waals surface area contributed by atoms with Crippen LogP contribution in [0.2, 0.25) is 0 Å². The van der Waals surface area contributed by atoms with Gasteiger partial charge in [0, 0.05) is 26.2 Å². The molecule has 2 aliphatic rings. The molecule has 0 radical (unpaired) electrons. The summed E-state index contributed by atoms with van der Waals surface area (Å²) in [6.07, 6.45) is 5.66. The van der Waals surface area contributed by atoms with Gasteiger partial charge in [0.1, 0.15) is 0 Å². The van der Waals surface area contributed by atoms with Gasteiger partial charge in [0.05, 0.1) is 12.6 Å². The number of likely N-dealkylation sites (tertiary alicyclic amines) is 1. The van der Waals surface area contributed by atoms with E-state index in [1.54, 1.807) is 0 Å². The van der Waals surface area contributed by atoms with Crippen LogP contribution in [0.15, 0.2) is 29.3 Å². The minimum atomic E-state index is -0.107. The lowest BCUT2D eigenvalue weighted by Gasteiger charge is -2.29. The predicted octanol–water partition coefficient (Wildman–Crippen LogP) is 2.47. The monoisotopic (exact) mass is 458 g/mol. The van der Waals surface area contributed by atoms with Crippen LogP contribution in [0.25, 0.3) is 0 Å². The SMILES string of the molecule is I.NC(=NCc1ccc(CN2CCC(O)CC2)cc1)NCC1CCC1. The molecule has 1 heterocycles. The average Bonchev–Trinajstić information content (AvgIpc) is 2.55. The van der Waals surface area contributed by atoms with Crippen molar-refractivity contribution in [2.75, 3.05) is 19.6 Å². The molecule has 0 atom stereocenters. The summed E-state index contributed by atoms with van der Waals surface area (Å²) in [7, 11) is 0. The molecule has 4 N–H and O–H groups in total. The molecule has 0 aromatic heterocycles. The number of aliphatic hydroxyl groups excluding tert-OH is 1. The van der Waals surface area contributed by atoms with E-state index in [0.29, 0.717) is 12.5 Å². The van der Waals surface area contributed by atoms with E-state index >= 15 is 0 Å². The first-order valence-electron chi connectivity index (χ1n) is 9.21. The quantitative estimate of drug-likeness (QED) is 0.348. The van der Waals surface area contributed by atoms with Crippen LogP contribution < -0.4 is 11.1 Å². The number of piperidine rings is 1. The lowest BCUT2D eigenvalue weighted by Crippen LogP contribution is -2.37. The molecule has 1 aromatic rings. The smallest absolute Gasteiger partial charge is 0.188 e. The van der Waals surface area contributed by atoms with Crippen molar-refractivity contribution >= 4 is 29.9 Å². The molecule has 140 valence electrons. The molecule has 25 heavy (non-hydrogen) atoms. The molecule has 1 aromatic carbocycles. The van der Waals surface area contributed by atoms with Crippen molar-refractivity contribution in [2.45, 2.75) is 51.3 Å². The van der Waals surface area contributed by atoms with E-state index in [9.17, 15) is 5.11 Å². The summed E-state index contributed by atoms with van der Waals surface area (Å²) < 4.78 is 0. The topological polar surface area (TPSA) is 73.9 Å². The van der Waals surface area contributed by atoms with E-state index in [1.165, 1.54) is 30.4 Å². The second-order valence-corrected chi connectivity index (χ2v) is 7.20. The Morgan fingerprint density at radius 3 is 2.36 bits per heavy atom. The Balaban J connectivity index is 0.00000225. The fourth-order valence-corrected chi connectivity index (χ4v) is 3.26. The molecule has 1 aliphatic heterocycles. The van der Waals surface area contributed by atoms with Crippen LogP contribution in [0.4, 0.5) is 0 Å². The van der Waals surface area contributed by atoms with Crippen molar-refractivity contribution in [1.82, 2.24) is 10.2 Å². The number of nitrogens with zero attached hydrogens (tertiary/aromatic N) is 2. The van der Waals surface area contributed by atoms with E-state index in [0.717, 1.165) is 44.9 Å². The van der Waals surface area contributed by atoms with Crippen molar-refractivity contribution in [3.63, 3.8) is 0 Å². The van der Waals surface area contributed by atoms with Gasteiger partial charge in [-0.25, -0.2) is 4.99 Å². The van der Waals surface area contributed by atoms with E-state index in [-0.39, 0.29) is 30.1 Å². The first-order chi connectivity index (χ1) is 11.7. The number of hydrogen-bond donors (Lipinski definition) is 3. The zero-order valence-electron chi connectivity index (χ0n) is 14.9. The van der Waals surface area contributed by atoms with E-state index < -0.39 is 0 Å². The molecular weight excluding hydrogens is 427 g/mol. The Hall–Kier alpha value is -0.860. The first-order valence-corrected chi connectivity index (χ1v) is 9.21. The molecule has 5 nitrogen and oxygen atoms in total. The number of halogens is 1. The zero-order chi connectivity index (χ0) is 16.8. The number of guanidine groups is 1. The van der Waals surface area contributed by atoms with Crippen LogP contribution in [-0.2, 0) is 13.1 Å². The van der Waals surface area contributed by atoms with Crippen molar-refractivity contribution in [1.29, 1.82) is 0 Å². The van der Waals surface area contributed by atoms with Gasteiger partial charge in [0.15, 0.2) is 5.96 Å². The highest BCUT2D eigenvalue weighted by molar-refractivity contribution is 14.0. The van der Waals surface area contributed by atoms with Gasteiger partial charge in [-0.1, -0.05) is 30.7 Å². The number of benzene rings is 1. The van der Waals surface area contributed by atoms with Gasteiger partial charge in [-0.05, 0) is 42.7 Å². The Kier molecular flexibility index (Phi) is 8.45. The highest BCUT2D eigenvalue weighted by Crippen LogP contribution is 2.25. The maximum absolute atomic E-state index is 9.56. The van der Waals surface area contributed by atoms with Crippen molar-refractivity contribution in [3.05, 3.63) is 35.4 Å². The van der Waals surface area contributed by atoms with Gasteiger partial charge in [-0.15, -0.1) is 24.0 Å². The normalized spacial score (nSPS) is 20.0. The first kappa shape index (κ1) is 20.5. The number of hydrogen-bond acceptors (Lipinski definition) is 3. The van der Waals surface area contributed by atoms with Gasteiger partial charge < -0.3 is 16.2 Å². The fourth-order valence-electron chi connectivity index (χ4n) is 3.26. The third-order valence-electron chi connectivity index (χ3n) is 5.21. The van der Waals surface area contributed by atoms with Gasteiger partial charge >= 0.3 is 0 Å². The lowest BCUT2D eigenvalue weighted by molar-refractivity contribution is 0.0792. The summed E-state index contributed by atoms with van der Waals surface area (Å²) >= 11 is 0. The van der Waals surface area contributed by atoms with Crippen LogP contribution in [0.3, 0.4) is 0 Å². The van der Waals surface area contributed by atoms with Gasteiger partial charge in [-0.3, -0.25) is 4.90 Å². The van der Waals surface area contributed by atoms with E-state index in [1.807, 2.05) is 0 Å². The number of nitrogens with two attached hydrogens (primary N) is 1. The molecule has 6 heteroatoms. The molecule has 0 unspecified atom stereocenters. The van der Waals surface area contributed by atoms with E-state index in [4.69, 9.17) is 5.73 Å². The molecular formula is C19H31IN4O. The summed E-state index contributed by atoms with van der Waals surface area (Å²) in [5, 5.41) is 12.8. The second kappa shape index (κ2) is 10.3. The third-order valence-corrected chi connectivity index (χ3v) is 5.21. The fraction of sp³-hybridized carbons (Fsp3) is 0.632. The Morgan fingerprint density at radius 2 is 1.76 bits per heavy atom. The maximum Gasteiger partial charge on any atom is 0.188 e. The standard InChI is InChI=1S/C19H30N4O.HI/c20-19(21-12-15-2-1-3-15)22-13-16-4-6-17(7-5-16)14-23-10-8-18(24)9-11-23;/h4-7,15,18,24H,1-3,8-14H2,(H3,20,21,22);1H. The lowest BCUT2D eigenvalue weighted by atomic mass is 9.85. The Bertz CT molecular complexity index is 537. The van der Waals surface area contributed by atoms with Crippen LogP contribution >= 0.6 is 24.0 Å². The van der Waals surface area contributed by atoms with Gasteiger partial charge in [0.25, 0.3) is 0 Å². The van der Waals surface area contributed by atoms with E-state index in [2.05, 4.69) is 39.5 Å². The van der Waals surface area contributed by atoms with Gasteiger partial charge in [-0.2, -0.15) is 0 Å². The summed E-state index contributed by atoms with van der Waals surface area (Å²) in [5.74, 6) is 1.34. The summed E-state index contributed by atoms with van der Waals surface area (Å²) in [6, 6.07) is 8.62. The average molecular weight is 458 g/mol. The molecule has 1 saturated heterocycles. The Labute approximate surface area is 168 Å². The molecule has 0 spiro atoms. The molecule has 0 bridgehead atoms. The molecule has 1 aliphatic carbocycles. The third kappa shape index (κ3) is 6.75. The number of rotatable bonds is 6. The summed E-state index contributed by atoms with van der Waals surface area (Å²) in [4.78, 5) is 6.83. The van der Waals surface area contributed by atoms with Crippen molar-refractivity contribution in [3.8, 4) is 0 Å². The largest absolute Gasteiger partial charge is 0.393 e. The maximum atomic E-state index is 9.56. The second-order valence-electron chi connectivity index (χ2n) is 7.20. The van der Waals surface area contributed by atoms with Crippen LogP contribution in [0.5, 0.6) is 0 Å². The van der Waals surface area contributed by atoms with Crippen LogP contribution in [0, 0.1) is 5.92 Å². The number of nitrogens with one attached hydrogen (secondary N) is 1. The predicted molar refractivity (Wildman–Crippen MR) is 113 cm³/mol. The Morgan fingerprint density at radius 1 is 1.12 bits per heavy atom. The van der Waals surface area contributed by atoms with Crippen LogP contribution in [0.1, 0.15) is 43.2 Å². The summed E-state index contributed by atoms with van der Waals surface area (Å²) in [6.45, 7) is 4.51. The van der Waals surface area contributed by atoms with Gasteiger partial charge in [0.2, 0.25) is 0 Å². The van der Waals surface area contributed by atoms with Crippen LogP contribution in [-0.4, -0.2) is 41.7 Å². The summed E-state index contributed by atoms with van der Waals surface area (Å²) in [5.41, 5.74) is 8.42. The molecule has 2 fully saturated rings. The highest BCUT2D eigenvalue weighted by Gasteiger charge is 2.17. The minimum absolute atomic E-state index is 0. The minimum Gasteiger partial charge on any atom is -0.393 e. The molecule has 0 amide bonds. The number of aliphatic imine (C=N–C) groups is 1. The molecule has 3 rings (SSSR count). The van der Waals surface area contributed by atoms with Crippen molar-refractivity contribution in [2.24, 2.45) is 16.6 Å². The van der Waals surface area contributed by atoms with Crippen molar-refractivity contribution < 1.29 is 5.11 Å². The molecule has 1 saturated carbocycles.